The fraction of sp³-hybridized carbons (Fsp3) is 0.300. The maximum Gasteiger partial charge on any atom is 0.255 e. The lowest BCUT2D eigenvalue weighted by molar-refractivity contribution is 0.0935. The van der Waals surface area contributed by atoms with Crippen LogP contribution in [0.2, 0.25) is 0 Å². The highest BCUT2D eigenvalue weighted by molar-refractivity contribution is 6.02. The molecule has 6 rings (SSSR count). The number of nitrogens with one attached hydrogen (secondary N) is 2. The molecule has 6 N–H and O–H groups in total. The second kappa shape index (κ2) is 17.4. The fourth-order valence-corrected chi connectivity index (χ4v) is 6.28. The Labute approximate surface area is 311 Å². The van der Waals surface area contributed by atoms with Crippen LogP contribution in [0.3, 0.4) is 0 Å². The second-order valence-corrected chi connectivity index (χ2v) is 12.4. The van der Waals surface area contributed by atoms with E-state index >= 15 is 0 Å². The number of nitrogens with zero attached hydrogens (tertiary/aromatic N) is 1. The summed E-state index contributed by atoms with van der Waals surface area (Å²) in [5, 5.41) is 49.9. The van der Waals surface area contributed by atoms with E-state index in [9.17, 15) is 25.2 Å². The van der Waals surface area contributed by atoms with Crippen LogP contribution < -0.4 is 34.3 Å². The number of anilines is 1. The summed E-state index contributed by atoms with van der Waals surface area (Å²) in [6, 6.07) is 19.3. The smallest absolute Gasteiger partial charge is 0.255 e. The summed E-state index contributed by atoms with van der Waals surface area (Å²) in [5.41, 5.74) is 5.72. The topological polar surface area (TPSA) is 194 Å². The van der Waals surface area contributed by atoms with Gasteiger partial charge in [-0.25, -0.2) is 0 Å². The molecule has 0 bridgehead atoms. The maximum absolute atomic E-state index is 12.8. The van der Waals surface area contributed by atoms with Crippen LogP contribution in [0.25, 0.3) is 22.6 Å². The monoisotopic (exact) mass is 741 g/mol. The number of fused-ring (bicyclic) bond motifs is 1. The molecule has 0 aliphatic carbocycles. The summed E-state index contributed by atoms with van der Waals surface area (Å²) in [6.45, 7) is -0.437. The van der Waals surface area contributed by atoms with Crippen molar-refractivity contribution >= 4 is 11.6 Å². The number of aromatic nitrogens is 1. The molecule has 5 aromatic rings. The predicted molar refractivity (Wildman–Crippen MR) is 198 cm³/mol. The Kier molecular flexibility index (Phi) is 12.2. The average molecular weight is 742 g/mol. The summed E-state index contributed by atoms with van der Waals surface area (Å²) in [6.07, 6.45) is 0.824. The Morgan fingerprint density at radius 1 is 0.685 bits per heavy atom. The van der Waals surface area contributed by atoms with Crippen LogP contribution in [-0.4, -0.2) is 66.0 Å². The molecule has 0 saturated carbocycles. The van der Waals surface area contributed by atoms with E-state index in [4.69, 9.17) is 28.2 Å². The lowest BCUT2D eigenvalue weighted by atomic mass is 9.97. The van der Waals surface area contributed by atoms with E-state index in [1.54, 1.807) is 61.7 Å². The number of ether oxygens (including phenoxy) is 5. The first-order valence-electron chi connectivity index (χ1n) is 17.3. The van der Waals surface area contributed by atoms with Crippen LogP contribution in [0.4, 0.5) is 5.69 Å². The number of carbonyl (C=O) groups excluding carboxylic acids is 1. The van der Waals surface area contributed by atoms with Gasteiger partial charge in [-0.05, 0) is 89.7 Å². The molecule has 0 saturated heterocycles. The maximum atomic E-state index is 12.8. The highest BCUT2D eigenvalue weighted by Crippen LogP contribution is 2.42. The molecule has 1 amide bonds. The van der Waals surface area contributed by atoms with Crippen molar-refractivity contribution in [3.05, 3.63) is 100 Å². The molecule has 1 unspecified atom stereocenters. The number of rotatable bonds is 17. The van der Waals surface area contributed by atoms with E-state index in [1.165, 1.54) is 14.2 Å². The van der Waals surface area contributed by atoms with Gasteiger partial charge in [-0.2, -0.15) is 0 Å². The molecular weight excluding hydrogens is 698 g/mol. The van der Waals surface area contributed by atoms with Gasteiger partial charge >= 0.3 is 0 Å². The van der Waals surface area contributed by atoms with E-state index < -0.39 is 6.17 Å². The van der Waals surface area contributed by atoms with Gasteiger partial charge < -0.3 is 59.3 Å². The highest BCUT2D eigenvalue weighted by Gasteiger charge is 2.26. The lowest BCUT2D eigenvalue weighted by Gasteiger charge is -2.29. The molecule has 1 aromatic heterocycles. The summed E-state index contributed by atoms with van der Waals surface area (Å²) in [7, 11) is 4.60. The number of aliphatic hydroxyl groups is 4. The minimum Gasteiger partial charge on any atom is -0.497 e. The number of hydrogen-bond donors (Lipinski definition) is 6. The third-order valence-corrected chi connectivity index (χ3v) is 9.16. The SMILES string of the molecule is COc1ccc2c(c1)C(=O)NC(c1ccc(OCCCCOc3c(OC)cc(-c4cc(-c5cc(CO)c(CO)c(CO)c5)no4)cc3OC)c(CO)c1)N2. The van der Waals surface area contributed by atoms with E-state index in [2.05, 4.69) is 15.8 Å². The van der Waals surface area contributed by atoms with Crippen molar-refractivity contribution in [1.29, 1.82) is 0 Å². The fourth-order valence-electron chi connectivity index (χ4n) is 6.28. The minimum atomic E-state index is -0.482. The van der Waals surface area contributed by atoms with Crippen LogP contribution in [0.15, 0.2) is 71.3 Å². The van der Waals surface area contributed by atoms with Gasteiger partial charge in [0, 0.05) is 28.4 Å². The molecule has 1 atom stereocenters. The molecule has 14 heteroatoms. The van der Waals surface area contributed by atoms with Crippen molar-refractivity contribution < 1.29 is 53.4 Å². The molecule has 284 valence electrons. The molecule has 0 spiro atoms. The zero-order valence-corrected chi connectivity index (χ0v) is 30.2. The Morgan fingerprint density at radius 2 is 1.37 bits per heavy atom. The van der Waals surface area contributed by atoms with E-state index in [0.29, 0.717) is 111 Å². The Hall–Kier alpha value is -5.80. The largest absolute Gasteiger partial charge is 0.497 e. The predicted octanol–water partition coefficient (Wildman–Crippen LogP) is 5.10. The van der Waals surface area contributed by atoms with Gasteiger partial charge in [-0.1, -0.05) is 11.2 Å². The first-order chi connectivity index (χ1) is 26.3. The first kappa shape index (κ1) is 37.9. The number of aliphatic hydroxyl groups excluding tert-OH is 4. The highest BCUT2D eigenvalue weighted by atomic mass is 16.5. The number of amides is 1. The van der Waals surface area contributed by atoms with Gasteiger partial charge in [0.05, 0.1) is 66.5 Å². The molecule has 14 nitrogen and oxygen atoms in total. The molecular formula is C40H43N3O11. The van der Waals surface area contributed by atoms with Gasteiger partial charge in [0.2, 0.25) is 5.75 Å². The third kappa shape index (κ3) is 8.06. The number of methoxy groups -OCH3 is 3. The lowest BCUT2D eigenvalue weighted by Crippen LogP contribution is -2.38. The molecule has 4 aromatic carbocycles. The van der Waals surface area contributed by atoms with Crippen molar-refractivity contribution in [3.63, 3.8) is 0 Å². The van der Waals surface area contributed by atoms with Crippen LogP contribution in [0.5, 0.6) is 28.7 Å². The average Bonchev–Trinajstić information content (AvgIpc) is 3.71. The van der Waals surface area contributed by atoms with Crippen LogP contribution in [0.1, 0.15) is 57.2 Å². The van der Waals surface area contributed by atoms with Crippen molar-refractivity contribution in [2.24, 2.45) is 0 Å². The van der Waals surface area contributed by atoms with E-state index in [0.717, 1.165) is 5.56 Å². The Morgan fingerprint density at radius 3 is 2.00 bits per heavy atom. The van der Waals surface area contributed by atoms with Gasteiger partial charge in [-0.3, -0.25) is 4.79 Å². The molecule has 1 aliphatic rings. The normalized spacial score (nSPS) is 13.5. The summed E-state index contributed by atoms with van der Waals surface area (Å²) >= 11 is 0. The summed E-state index contributed by atoms with van der Waals surface area (Å²) in [5.74, 6) is 2.62. The van der Waals surface area contributed by atoms with Crippen LogP contribution in [0, 0.1) is 0 Å². The van der Waals surface area contributed by atoms with Gasteiger partial charge in [0.25, 0.3) is 5.91 Å². The second-order valence-electron chi connectivity index (χ2n) is 12.4. The zero-order valence-electron chi connectivity index (χ0n) is 30.2. The van der Waals surface area contributed by atoms with Gasteiger partial charge in [0.1, 0.15) is 23.4 Å². The zero-order chi connectivity index (χ0) is 38.2. The molecule has 0 radical (unpaired) electrons. The van der Waals surface area contributed by atoms with Crippen molar-refractivity contribution in [1.82, 2.24) is 10.5 Å². The quantitative estimate of drug-likeness (QED) is 0.0691. The van der Waals surface area contributed by atoms with Crippen LogP contribution in [-0.2, 0) is 26.4 Å². The standard InChI is InChI=1S/C40H43N3O11/c1-49-29-7-8-32-30(17-29)40(48)42-39(41-32)23-6-9-34(28(12-23)21-46)52-10-4-5-11-53-38-36(50-2)15-25(16-37(38)51-3)35-18-33(43-54-35)24-13-26(19-44)31(22-47)27(14-24)20-45/h6-9,12-18,39,41,44-47H,4-5,10-11,19-22H2,1-3H3,(H,42,48). The molecule has 1 aliphatic heterocycles. The number of carbonyl (C=O) groups is 1. The third-order valence-electron chi connectivity index (χ3n) is 9.16. The molecule has 2 heterocycles. The summed E-state index contributed by atoms with van der Waals surface area (Å²) in [4.78, 5) is 12.8. The minimum absolute atomic E-state index is 0.227. The summed E-state index contributed by atoms with van der Waals surface area (Å²) < 4.78 is 34.3. The Bertz CT molecular complexity index is 2050. The number of benzene rings is 4. The molecule has 54 heavy (non-hydrogen) atoms. The van der Waals surface area contributed by atoms with Gasteiger partial charge in [-0.15, -0.1) is 0 Å². The van der Waals surface area contributed by atoms with Crippen molar-refractivity contribution in [3.8, 4) is 51.3 Å². The number of hydrogen-bond acceptors (Lipinski definition) is 13. The first-order valence-corrected chi connectivity index (χ1v) is 17.3. The van der Waals surface area contributed by atoms with E-state index in [-0.39, 0.29) is 32.3 Å². The van der Waals surface area contributed by atoms with Crippen molar-refractivity contribution in [2.45, 2.75) is 45.4 Å². The molecule has 0 fully saturated rings. The van der Waals surface area contributed by atoms with E-state index in [1.807, 2.05) is 12.1 Å². The Balaban J connectivity index is 1.05. The number of unbranched alkanes of at least 4 members (excludes halogenated alkanes) is 1. The van der Waals surface area contributed by atoms with Crippen molar-refractivity contribution in [2.75, 3.05) is 39.9 Å². The van der Waals surface area contributed by atoms with Crippen LogP contribution >= 0.6 is 0 Å². The van der Waals surface area contributed by atoms with Gasteiger partial charge in [0.15, 0.2) is 17.3 Å².